The Labute approximate surface area is 191 Å². The van der Waals surface area contributed by atoms with Crippen LogP contribution in [0.1, 0.15) is 11.1 Å². The van der Waals surface area contributed by atoms with E-state index in [-0.39, 0.29) is 30.6 Å². The van der Waals surface area contributed by atoms with Crippen molar-refractivity contribution >= 4 is 17.6 Å². The van der Waals surface area contributed by atoms with Crippen LogP contribution in [-0.2, 0) is 22.6 Å². The summed E-state index contributed by atoms with van der Waals surface area (Å²) < 4.78 is 15.2. The topological polar surface area (TPSA) is 76.0 Å². The standard InChI is InChI=1S/C26H23FN4O2/c27-22-13-11-21(12-14-22)25-26(31(18-29-25)17-20-9-5-2-6-10-20)30-24(33)16-28-23(32)15-19-7-3-1-4-8-19/h1-14,18H,15-17H2,(H,28,32)(H,30,33). The summed E-state index contributed by atoms with van der Waals surface area (Å²) in [5.74, 6) is -0.496. The molecule has 166 valence electrons. The van der Waals surface area contributed by atoms with Gasteiger partial charge in [0.05, 0.1) is 25.8 Å². The van der Waals surface area contributed by atoms with Crippen LogP contribution >= 0.6 is 0 Å². The highest BCUT2D eigenvalue weighted by Crippen LogP contribution is 2.27. The molecule has 0 spiro atoms. The summed E-state index contributed by atoms with van der Waals surface area (Å²) in [4.78, 5) is 29.3. The van der Waals surface area contributed by atoms with Gasteiger partial charge in [-0.25, -0.2) is 9.37 Å². The van der Waals surface area contributed by atoms with E-state index >= 15 is 0 Å². The lowest BCUT2D eigenvalue weighted by atomic mass is 10.1. The lowest BCUT2D eigenvalue weighted by Crippen LogP contribution is -2.34. The lowest BCUT2D eigenvalue weighted by Gasteiger charge is -2.13. The molecule has 7 heteroatoms. The summed E-state index contributed by atoms with van der Waals surface area (Å²) in [6.07, 6.45) is 1.83. The summed E-state index contributed by atoms with van der Waals surface area (Å²) in [5, 5.41) is 5.51. The number of amides is 2. The summed E-state index contributed by atoms with van der Waals surface area (Å²) in [6.45, 7) is 0.316. The Kier molecular flexibility index (Phi) is 6.90. The third-order valence-electron chi connectivity index (χ3n) is 5.06. The molecule has 0 aliphatic rings. The first-order valence-electron chi connectivity index (χ1n) is 10.5. The summed E-state index contributed by atoms with van der Waals surface area (Å²) in [6, 6.07) is 25.0. The van der Waals surface area contributed by atoms with Gasteiger partial charge in [-0.05, 0) is 35.4 Å². The van der Waals surface area contributed by atoms with Crippen LogP contribution in [0, 0.1) is 5.82 Å². The maximum Gasteiger partial charge on any atom is 0.244 e. The number of benzene rings is 3. The molecule has 1 aromatic heterocycles. The molecule has 6 nitrogen and oxygen atoms in total. The summed E-state index contributed by atoms with van der Waals surface area (Å²) in [5.41, 5.74) is 3.10. The van der Waals surface area contributed by atoms with E-state index < -0.39 is 0 Å². The molecule has 0 unspecified atom stereocenters. The van der Waals surface area contributed by atoms with E-state index in [2.05, 4.69) is 15.6 Å². The minimum atomic E-state index is -0.380. The van der Waals surface area contributed by atoms with E-state index in [0.29, 0.717) is 23.6 Å². The highest BCUT2D eigenvalue weighted by Gasteiger charge is 2.17. The number of rotatable bonds is 8. The smallest absolute Gasteiger partial charge is 0.244 e. The first-order chi connectivity index (χ1) is 16.1. The van der Waals surface area contributed by atoms with Crippen LogP contribution in [-0.4, -0.2) is 27.9 Å². The Balaban J connectivity index is 1.49. The molecule has 3 aromatic carbocycles. The zero-order valence-electron chi connectivity index (χ0n) is 17.9. The molecule has 0 aliphatic carbocycles. The van der Waals surface area contributed by atoms with Gasteiger partial charge in [0.2, 0.25) is 11.8 Å². The highest BCUT2D eigenvalue weighted by atomic mass is 19.1. The van der Waals surface area contributed by atoms with Gasteiger partial charge in [0.25, 0.3) is 0 Å². The average molecular weight is 442 g/mol. The molecule has 1 heterocycles. The van der Waals surface area contributed by atoms with Crippen LogP contribution < -0.4 is 10.6 Å². The second kappa shape index (κ2) is 10.4. The van der Waals surface area contributed by atoms with E-state index in [0.717, 1.165) is 11.1 Å². The molecular formula is C26H23FN4O2. The van der Waals surface area contributed by atoms with Gasteiger partial charge in [0.15, 0.2) is 0 Å². The number of nitrogens with one attached hydrogen (secondary N) is 2. The second-order valence-electron chi connectivity index (χ2n) is 7.55. The molecule has 2 amide bonds. The number of carbonyl (C=O) groups excluding carboxylic acids is 2. The number of aromatic nitrogens is 2. The number of anilines is 1. The van der Waals surface area contributed by atoms with E-state index in [1.165, 1.54) is 12.1 Å². The number of hydrogen-bond donors (Lipinski definition) is 2. The molecule has 0 aliphatic heterocycles. The third kappa shape index (κ3) is 5.92. The molecule has 0 radical (unpaired) electrons. The van der Waals surface area contributed by atoms with Crippen LogP contribution in [0.5, 0.6) is 0 Å². The molecule has 0 atom stereocenters. The molecular weight excluding hydrogens is 419 g/mol. The molecule has 0 bridgehead atoms. The fourth-order valence-corrected chi connectivity index (χ4v) is 3.43. The number of imidazole rings is 1. The maximum atomic E-state index is 13.4. The zero-order chi connectivity index (χ0) is 23.0. The monoisotopic (exact) mass is 442 g/mol. The van der Waals surface area contributed by atoms with Crippen molar-refractivity contribution < 1.29 is 14.0 Å². The molecule has 2 N–H and O–H groups in total. The molecule has 0 saturated heterocycles. The number of nitrogens with zero attached hydrogens (tertiary/aromatic N) is 2. The Hall–Kier alpha value is -4.26. The molecule has 33 heavy (non-hydrogen) atoms. The van der Waals surface area contributed by atoms with Gasteiger partial charge in [-0.3, -0.25) is 9.59 Å². The van der Waals surface area contributed by atoms with E-state index in [1.54, 1.807) is 18.5 Å². The van der Waals surface area contributed by atoms with Crippen molar-refractivity contribution in [2.75, 3.05) is 11.9 Å². The SMILES string of the molecule is O=C(Cc1ccccc1)NCC(=O)Nc1c(-c2ccc(F)cc2)ncn1Cc1ccccc1. The number of carbonyl (C=O) groups is 2. The summed E-state index contributed by atoms with van der Waals surface area (Å²) >= 11 is 0. The van der Waals surface area contributed by atoms with E-state index in [4.69, 9.17) is 0 Å². The molecule has 0 fully saturated rings. The Bertz CT molecular complexity index is 1220. The van der Waals surface area contributed by atoms with Crippen LogP contribution in [0.3, 0.4) is 0 Å². The number of hydrogen-bond acceptors (Lipinski definition) is 3. The van der Waals surface area contributed by atoms with Crippen molar-refractivity contribution in [2.24, 2.45) is 0 Å². The largest absolute Gasteiger partial charge is 0.347 e. The summed E-state index contributed by atoms with van der Waals surface area (Å²) in [7, 11) is 0. The van der Waals surface area contributed by atoms with E-state index in [1.807, 2.05) is 65.2 Å². The van der Waals surface area contributed by atoms with Gasteiger partial charge in [0.1, 0.15) is 17.3 Å². The van der Waals surface area contributed by atoms with Gasteiger partial charge >= 0.3 is 0 Å². The van der Waals surface area contributed by atoms with Crippen LogP contribution in [0.4, 0.5) is 10.2 Å². The Morgan fingerprint density at radius 1 is 0.818 bits per heavy atom. The van der Waals surface area contributed by atoms with E-state index in [9.17, 15) is 14.0 Å². The van der Waals surface area contributed by atoms with Crippen molar-refractivity contribution in [3.05, 3.63) is 108 Å². The zero-order valence-corrected chi connectivity index (χ0v) is 17.9. The quantitative estimate of drug-likeness (QED) is 0.433. The minimum absolute atomic E-state index is 0.176. The van der Waals surface area contributed by atoms with Crippen molar-refractivity contribution in [3.63, 3.8) is 0 Å². The third-order valence-corrected chi connectivity index (χ3v) is 5.06. The molecule has 4 rings (SSSR count). The first kappa shape index (κ1) is 22.0. The van der Waals surface area contributed by atoms with Gasteiger partial charge in [-0.2, -0.15) is 0 Å². The van der Waals surface area contributed by atoms with Gasteiger partial charge < -0.3 is 15.2 Å². The second-order valence-corrected chi connectivity index (χ2v) is 7.55. The Morgan fingerprint density at radius 3 is 2.12 bits per heavy atom. The molecule has 0 saturated carbocycles. The van der Waals surface area contributed by atoms with Crippen LogP contribution in [0.15, 0.2) is 91.3 Å². The van der Waals surface area contributed by atoms with Crippen molar-refractivity contribution in [1.29, 1.82) is 0 Å². The van der Waals surface area contributed by atoms with Crippen LogP contribution in [0.2, 0.25) is 0 Å². The fraction of sp³-hybridized carbons (Fsp3) is 0.115. The predicted octanol–water partition coefficient (Wildman–Crippen LogP) is 4.03. The van der Waals surface area contributed by atoms with Gasteiger partial charge in [0, 0.05) is 5.56 Å². The van der Waals surface area contributed by atoms with Gasteiger partial charge in [-0.15, -0.1) is 0 Å². The maximum absolute atomic E-state index is 13.4. The van der Waals surface area contributed by atoms with Crippen molar-refractivity contribution in [3.8, 4) is 11.3 Å². The van der Waals surface area contributed by atoms with Crippen molar-refractivity contribution in [2.45, 2.75) is 13.0 Å². The average Bonchev–Trinajstić information content (AvgIpc) is 3.21. The van der Waals surface area contributed by atoms with Crippen LogP contribution in [0.25, 0.3) is 11.3 Å². The predicted molar refractivity (Wildman–Crippen MR) is 125 cm³/mol. The lowest BCUT2D eigenvalue weighted by molar-refractivity contribution is -0.123. The first-order valence-corrected chi connectivity index (χ1v) is 10.5. The minimum Gasteiger partial charge on any atom is -0.347 e. The fourth-order valence-electron chi connectivity index (χ4n) is 3.43. The number of halogens is 1. The van der Waals surface area contributed by atoms with Gasteiger partial charge in [-0.1, -0.05) is 60.7 Å². The Morgan fingerprint density at radius 2 is 1.45 bits per heavy atom. The highest BCUT2D eigenvalue weighted by molar-refractivity contribution is 5.96. The molecule has 4 aromatic rings. The van der Waals surface area contributed by atoms with Crippen molar-refractivity contribution in [1.82, 2.24) is 14.9 Å². The normalized spacial score (nSPS) is 10.6.